The summed E-state index contributed by atoms with van der Waals surface area (Å²) in [5.74, 6) is 1.10. The fourth-order valence-electron chi connectivity index (χ4n) is 3.29. The van der Waals surface area contributed by atoms with Gasteiger partial charge in [-0.25, -0.2) is 10.4 Å². The number of aryl methyl sites for hydroxylation is 1. The molecule has 2 heterocycles. The summed E-state index contributed by atoms with van der Waals surface area (Å²) in [6.45, 7) is 4.73. The van der Waals surface area contributed by atoms with Crippen molar-refractivity contribution < 1.29 is 9.53 Å². The number of fused-ring (bicyclic) bond motifs is 2. The molecule has 7 nitrogen and oxygen atoms in total. The first-order valence-corrected chi connectivity index (χ1v) is 9.36. The van der Waals surface area contributed by atoms with Crippen LogP contribution in [-0.2, 0) is 13.0 Å². The summed E-state index contributed by atoms with van der Waals surface area (Å²) in [5, 5.41) is 4.53. The standard InChI is InChI=1S/C22H20N4O3/c1-2-11-29-17-6-3-5-15(12-17)14-23-25-21(27)16-8-9-18-19(13-16)24-20-7-4-10-26(20)22(18)28/h2-3,5-6,8-9,12-14H,1,4,7,10-11H2,(H,25,27)/b23-14-. The molecule has 1 N–H and O–H groups in total. The Morgan fingerprint density at radius 1 is 1.31 bits per heavy atom. The van der Waals surface area contributed by atoms with E-state index in [1.54, 1.807) is 28.8 Å². The lowest BCUT2D eigenvalue weighted by Crippen LogP contribution is -2.22. The second-order valence-electron chi connectivity index (χ2n) is 6.69. The third-order valence-electron chi connectivity index (χ3n) is 4.68. The lowest BCUT2D eigenvalue weighted by molar-refractivity contribution is 0.0955. The molecule has 0 fully saturated rings. The van der Waals surface area contributed by atoms with Crippen molar-refractivity contribution in [1.29, 1.82) is 0 Å². The minimum Gasteiger partial charge on any atom is -0.490 e. The third kappa shape index (κ3) is 3.94. The first-order valence-electron chi connectivity index (χ1n) is 9.36. The minimum atomic E-state index is -0.371. The summed E-state index contributed by atoms with van der Waals surface area (Å²) in [4.78, 5) is 29.5. The van der Waals surface area contributed by atoms with E-state index in [2.05, 4.69) is 22.1 Å². The van der Waals surface area contributed by atoms with Crippen LogP contribution in [0, 0.1) is 0 Å². The van der Waals surface area contributed by atoms with Gasteiger partial charge >= 0.3 is 0 Å². The number of hydrogen-bond donors (Lipinski definition) is 1. The predicted octanol–water partition coefficient (Wildman–Crippen LogP) is 2.67. The van der Waals surface area contributed by atoms with Crippen LogP contribution in [0.15, 0.2) is 65.0 Å². The van der Waals surface area contributed by atoms with Crippen molar-refractivity contribution in [3.63, 3.8) is 0 Å². The molecule has 0 saturated heterocycles. The van der Waals surface area contributed by atoms with Crippen LogP contribution in [0.2, 0.25) is 0 Å². The van der Waals surface area contributed by atoms with Crippen LogP contribution in [0.5, 0.6) is 5.75 Å². The van der Waals surface area contributed by atoms with Crippen LogP contribution in [0.3, 0.4) is 0 Å². The average Bonchev–Trinajstić information content (AvgIpc) is 3.21. The lowest BCUT2D eigenvalue weighted by atomic mass is 10.1. The normalized spacial score (nSPS) is 12.8. The molecule has 1 aromatic heterocycles. The maximum atomic E-state index is 12.5. The van der Waals surface area contributed by atoms with Crippen molar-refractivity contribution in [3.8, 4) is 5.75 Å². The van der Waals surface area contributed by atoms with Gasteiger partial charge in [-0.2, -0.15) is 5.10 Å². The summed E-state index contributed by atoms with van der Waals surface area (Å²) in [6.07, 6.45) is 4.90. The molecule has 0 aliphatic carbocycles. The van der Waals surface area contributed by atoms with Crippen LogP contribution in [0.4, 0.5) is 0 Å². The molecule has 29 heavy (non-hydrogen) atoms. The highest BCUT2D eigenvalue weighted by atomic mass is 16.5. The van der Waals surface area contributed by atoms with Crippen molar-refractivity contribution in [2.24, 2.45) is 5.10 Å². The van der Waals surface area contributed by atoms with Crippen molar-refractivity contribution in [1.82, 2.24) is 15.0 Å². The van der Waals surface area contributed by atoms with Gasteiger partial charge in [0.15, 0.2) is 0 Å². The first kappa shape index (κ1) is 18.6. The second kappa shape index (κ2) is 8.10. The largest absolute Gasteiger partial charge is 0.490 e. The van der Waals surface area contributed by atoms with E-state index in [4.69, 9.17) is 4.74 Å². The van der Waals surface area contributed by atoms with Gasteiger partial charge < -0.3 is 4.74 Å². The third-order valence-corrected chi connectivity index (χ3v) is 4.68. The summed E-state index contributed by atoms with van der Waals surface area (Å²) >= 11 is 0. The number of benzene rings is 2. The smallest absolute Gasteiger partial charge is 0.271 e. The van der Waals surface area contributed by atoms with Gasteiger partial charge in [-0.05, 0) is 42.3 Å². The number of hydrogen-bond acceptors (Lipinski definition) is 5. The number of aromatic nitrogens is 2. The molecule has 0 bridgehead atoms. The maximum absolute atomic E-state index is 12.5. The van der Waals surface area contributed by atoms with Crippen LogP contribution in [0.1, 0.15) is 28.2 Å². The van der Waals surface area contributed by atoms with E-state index in [-0.39, 0.29) is 11.5 Å². The van der Waals surface area contributed by atoms with Gasteiger partial charge in [0.1, 0.15) is 18.2 Å². The molecular weight excluding hydrogens is 368 g/mol. The zero-order valence-corrected chi connectivity index (χ0v) is 15.8. The Kier molecular flexibility index (Phi) is 5.20. The van der Waals surface area contributed by atoms with E-state index in [0.29, 0.717) is 35.4 Å². The summed E-state index contributed by atoms with van der Waals surface area (Å²) in [6, 6.07) is 12.2. The van der Waals surface area contributed by atoms with Crippen LogP contribution >= 0.6 is 0 Å². The van der Waals surface area contributed by atoms with Crippen molar-refractivity contribution in [2.45, 2.75) is 19.4 Å². The van der Waals surface area contributed by atoms with E-state index in [1.165, 1.54) is 6.21 Å². The molecular formula is C22H20N4O3. The molecule has 0 atom stereocenters. The Bertz CT molecular complexity index is 1180. The van der Waals surface area contributed by atoms with Gasteiger partial charge in [0, 0.05) is 18.5 Å². The minimum absolute atomic E-state index is 0.0500. The van der Waals surface area contributed by atoms with Crippen LogP contribution in [0.25, 0.3) is 10.9 Å². The molecule has 0 radical (unpaired) electrons. The van der Waals surface area contributed by atoms with Crippen LogP contribution < -0.4 is 15.7 Å². The van der Waals surface area contributed by atoms with Crippen molar-refractivity contribution in [3.05, 3.63) is 82.4 Å². The molecule has 2 aromatic carbocycles. The van der Waals surface area contributed by atoms with Gasteiger partial charge in [-0.1, -0.05) is 24.8 Å². The van der Waals surface area contributed by atoms with Crippen LogP contribution in [-0.4, -0.2) is 28.3 Å². The summed E-state index contributed by atoms with van der Waals surface area (Å²) < 4.78 is 7.18. The molecule has 0 saturated carbocycles. The predicted molar refractivity (Wildman–Crippen MR) is 112 cm³/mol. The van der Waals surface area contributed by atoms with Crippen molar-refractivity contribution >= 4 is 23.0 Å². The van der Waals surface area contributed by atoms with Gasteiger partial charge in [0.2, 0.25) is 0 Å². The quantitative estimate of drug-likeness (QED) is 0.400. The zero-order chi connectivity index (χ0) is 20.2. The highest BCUT2D eigenvalue weighted by Crippen LogP contribution is 2.16. The zero-order valence-electron chi connectivity index (χ0n) is 15.8. The molecule has 1 aliphatic rings. The van der Waals surface area contributed by atoms with Gasteiger partial charge in [-0.3, -0.25) is 14.2 Å². The summed E-state index contributed by atoms with van der Waals surface area (Å²) in [7, 11) is 0. The Hall–Kier alpha value is -3.74. The van der Waals surface area contributed by atoms with E-state index in [9.17, 15) is 9.59 Å². The Balaban J connectivity index is 1.49. The molecule has 0 spiro atoms. The maximum Gasteiger partial charge on any atom is 0.271 e. The monoisotopic (exact) mass is 388 g/mol. The van der Waals surface area contributed by atoms with E-state index in [0.717, 1.165) is 24.2 Å². The molecule has 1 aliphatic heterocycles. The van der Waals surface area contributed by atoms with Gasteiger partial charge in [0.25, 0.3) is 11.5 Å². The highest BCUT2D eigenvalue weighted by molar-refractivity contribution is 5.98. The number of hydrazone groups is 1. The van der Waals surface area contributed by atoms with E-state index in [1.807, 2.05) is 24.3 Å². The molecule has 3 aromatic rings. The fourth-order valence-corrected chi connectivity index (χ4v) is 3.29. The lowest BCUT2D eigenvalue weighted by Gasteiger charge is -2.06. The topological polar surface area (TPSA) is 85.6 Å². The Morgan fingerprint density at radius 3 is 3.07 bits per heavy atom. The fraction of sp³-hybridized carbons (Fsp3) is 0.182. The van der Waals surface area contributed by atoms with Gasteiger partial charge in [-0.15, -0.1) is 0 Å². The number of ether oxygens (including phenoxy) is 1. The first-order chi connectivity index (χ1) is 14.2. The second-order valence-corrected chi connectivity index (χ2v) is 6.69. The molecule has 0 unspecified atom stereocenters. The Labute approximate surface area is 167 Å². The number of amides is 1. The molecule has 146 valence electrons. The van der Waals surface area contributed by atoms with E-state index < -0.39 is 0 Å². The SMILES string of the molecule is C=CCOc1cccc(/C=N\NC(=O)c2ccc3c(=O)n4c(nc3c2)CCC4)c1. The molecule has 1 amide bonds. The van der Waals surface area contributed by atoms with Gasteiger partial charge in [0.05, 0.1) is 17.1 Å². The average molecular weight is 388 g/mol. The number of carbonyl (C=O) groups is 1. The summed E-state index contributed by atoms with van der Waals surface area (Å²) in [5.41, 5.74) is 4.17. The highest BCUT2D eigenvalue weighted by Gasteiger charge is 2.17. The number of nitrogens with one attached hydrogen (secondary N) is 1. The Morgan fingerprint density at radius 2 is 2.21 bits per heavy atom. The van der Waals surface area contributed by atoms with Crippen molar-refractivity contribution in [2.75, 3.05) is 6.61 Å². The molecule has 4 rings (SSSR count). The number of nitrogens with zero attached hydrogens (tertiary/aromatic N) is 3. The molecule has 7 heteroatoms. The van der Waals surface area contributed by atoms with E-state index >= 15 is 0 Å². The number of rotatable bonds is 6. The number of carbonyl (C=O) groups excluding carboxylic acids is 1.